The number of anilines is 1. The Hall–Kier alpha value is -2.09. The van der Waals surface area contributed by atoms with Crippen LogP contribution < -0.4 is 14.8 Å². The van der Waals surface area contributed by atoms with Crippen molar-refractivity contribution in [2.45, 2.75) is 50.0 Å². The predicted molar refractivity (Wildman–Crippen MR) is 114 cm³/mol. The molecule has 0 atom stereocenters. The number of rotatable bonds is 7. The van der Waals surface area contributed by atoms with Gasteiger partial charge in [-0.15, -0.1) is 0 Å². The third kappa shape index (κ3) is 5.95. The lowest BCUT2D eigenvalue weighted by molar-refractivity contribution is -0.118. The number of carbonyl (C=O) groups excluding carboxylic acids is 1. The van der Waals surface area contributed by atoms with E-state index < -0.39 is 10.0 Å². The summed E-state index contributed by atoms with van der Waals surface area (Å²) in [7, 11) is -3.58. The van der Waals surface area contributed by atoms with Crippen LogP contribution in [0, 0.1) is 6.92 Å². The molecule has 6 nitrogen and oxygen atoms in total. The quantitative estimate of drug-likeness (QED) is 0.678. The van der Waals surface area contributed by atoms with E-state index in [1.54, 1.807) is 43.3 Å². The fourth-order valence-corrected chi connectivity index (χ4v) is 4.92. The summed E-state index contributed by atoms with van der Waals surface area (Å²) in [6.45, 7) is 1.54. The molecule has 3 rings (SSSR count). The second-order valence-electron chi connectivity index (χ2n) is 7.20. The molecule has 2 aromatic rings. The van der Waals surface area contributed by atoms with E-state index in [1.165, 1.54) is 6.07 Å². The van der Waals surface area contributed by atoms with Gasteiger partial charge >= 0.3 is 0 Å². The summed E-state index contributed by atoms with van der Waals surface area (Å²) in [5.74, 6) is 0.101. The highest BCUT2D eigenvalue weighted by atomic mass is 35.5. The lowest BCUT2D eigenvalue weighted by atomic mass is 9.96. The first-order valence-electron chi connectivity index (χ1n) is 9.65. The molecule has 29 heavy (non-hydrogen) atoms. The smallest absolute Gasteiger partial charge is 0.262 e. The van der Waals surface area contributed by atoms with Crippen molar-refractivity contribution in [3.63, 3.8) is 0 Å². The molecule has 1 saturated carbocycles. The first kappa shape index (κ1) is 21.6. The minimum atomic E-state index is -3.58. The average molecular weight is 437 g/mol. The zero-order valence-corrected chi connectivity index (χ0v) is 17.9. The molecule has 0 heterocycles. The Kier molecular flexibility index (Phi) is 7.16. The summed E-state index contributed by atoms with van der Waals surface area (Å²) >= 11 is 6.02. The van der Waals surface area contributed by atoms with Gasteiger partial charge in [0.25, 0.3) is 5.91 Å². The number of aryl methyl sites for hydroxylation is 1. The van der Waals surface area contributed by atoms with Crippen LogP contribution in [0.3, 0.4) is 0 Å². The van der Waals surface area contributed by atoms with Crippen LogP contribution in [0.15, 0.2) is 47.4 Å². The first-order chi connectivity index (χ1) is 13.8. The topological polar surface area (TPSA) is 84.5 Å². The Morgan fingerprint density at radius 1 is 1.14 bits per heavy atom. The summed E-state index contributed by atoms with van der Waals surface area (Å²) in [4.78, 5) is 12.3. The number of benzene rings is 2. The van der Waals surface area contributed by atoms with Gasteiger partial charge in [-0.25, -0.2) is 13.1 Å². The van der Waals surface area contributed by atoms with Crippen LogP contribution in [0.5, 0.6) is 5.75 Å². The third-order valence-electron chi connectivity index (χ3n) is 4.89. The van der Waals surface area contributed by atoms with E-state index in [-0.39, 0.29) is 23.5 Å². The summed E-state index contributed by atoms with van der Waals surface area (Å²) < 4.78 is 33.6. The molecule has 0 radical (unpaired) electrons. The molecule has 156 valence electrons. The first-order valence-corrected chi connectivity index (χ1v) is 11.5. The summed E-state index contributed by atoms with van der Waals surface area (Å²) in [5, 5.41) is 3.12. The van der Waals surface area contributed by atoms with Gasteiger partial charge in [-0.3, -0.25) is 4.79 Å². The normalized spacial score (nSPS) is 15.1. The highest BCUT2D eigenvalue weighted by Crippen LogP contribution is 2.24. The molecule has 1 amide bonds. The minimum Gasteiger partial charge on any atom is -0.483 e. The van der Waals surface area contributed by atoms with Crippen LogP contribution in [0.4, 0.5) is 5.69 Å². The summed E-state index contributed by atoms with van der Waals surface area (Å²) in [6.07, 6.45) is 5.01. The largest absolute Gasteiger partial charge is 0.483 e. The van der Waals surface area contributed by atoms with Gasteiger partial charge in [0, 0.05) is 6.04 Å². The number of halogens is 1. The Labute approximate surface area is 176 Å². The van der Waals surface area contributed by atoms with Crippen LogP contribution in [0.2, 0.25) is 5.02 Å². The van der Waals surface area contributed by atoms with Gasteiger partial charge in [0.1, 0.15) is 5.75 Å². The zero-order valence-electron chi connectivity index (χ0n) is 16.3. The monoisotopic (exact) mass is 436 g/mol. The summed E-state index contributed by atoms with van der Waals surface area (Å²) in [6, 6.07) is 11.6. The van der Waals surface area contributed by atoms with Crippen molar-refractivity contribution in [1.29, 1.82) is 0 Å². The molecule has 1 fully saturated rings. The van der Waals surface area contributed by atoms with E-state index in [0.717, 1.165) is 32.1 Å². The van der Waals surface area contributed by atoms with Crippen LogP contribution >= 0.6 is 11.6 Å². The van der Waals surface area contributed by atoms with E-state index >= 15 is 0 Å². The maximum atomic E-state index is 12.6. The lowest BCUT2D eigenvalue weighted by Gasteiger charge is -2.22. The number of hydrogen-bond acceptors (Lipinski definition) is 4. The molecular weight excluding hydrogens is 412 g/mol. The van der Waals surface area contributed by atoms with Crippen molar-refractivity contribution >= 4 is 33.2 Å². The van der Waals surface area contributed by atoms with Crippen molar-refractivity contribution < 1.29 is 17.9 Å². The van der Waals surface area contributed by atoms with Gasteiger partial charge in [-0.05, 0) is 55.7 Å². The average Bonchev–Trinajstić information content (AvgIpc) is 2.69. The van der Waals surface area contributed by atoms with Crippen LogP contribution in [-0.2, 0) is 14.8 Å². The molecule has 0 bridgehead atoms. The maximum Gasteiger partial charge on any atom is 0.262 e. The number of hydrogen-bond donors (Lipinski definition) is 2. The fourth-order valence-electron chi connectivity index (χ4n) is 3.35. The minimum absolute atomic E-state index is 0.00140. The van der Waals surface area contributed by atoms with Gasteiger partial charge in [0.2, 0.25) is 10.0 Å². The van der Waals surface area contributed by atoms with Crippen molar-refractivity contribution in [3.8, 4) is 5.75 Å². The summed E-state index contributed by atoms with van der Waals surface area (Å²) in [5.41, 5.74) is 1.15. The molecule has 1 aliphatic rings. The molecule has 0 aromatic heterocycles. The number of nitrogens with one attached hydrogen (secondary N) is 2. The molecule has 8 heteroatoms. The second kappa shape index (κ2) is 9.61. The van der Waals surface area contributed by atoms with E-state index in [4.69, 9.17) is 16.3 Å². The van der Waals surface area contributed by atoms with Gasteiger partial charge in [0.05, 0.1) is 15.6 Å². The maximum absolute atomic E-state index is 12.6. The van der Waals surface area contributed by atoms with E-state index in [2.05, 4.69) is 10.0 Å². The fraction of sp³-hybridized carbons (Fsp3) is 0.381. The van der Waals surface area contributed by atoms with Crippen molar-refractivity contribution in [1.82, 2.24) is 4.72 Å². The highest BCUT2D eigenvalue weighted by molar-refractivity contribution is 7.89. The number of amides is 1. The zero-order chi connectivity index (χ0) is 20.9. The Morgan fingerprint density at radius 3 is 2.55 bits per heavy atom. The molecule has 0 spiro atoms. The molecule has 2 N–H and O–H groups in total. The van der Waals surface area contributed by atoms with Gasteiger partial charge in [-0.1, -0.05) is 43.0 Å². The highest BCUT2D eigenvalue weighted by Gasteiger charge is 2.22. The van der Waals surface area contributed by atoms with Gasteiger partial charge in [-0.2, -0.15) is 0 Å². The van der Waals surface area contributed by atoms with Gasteiger partial charge < -0.3 is 10.1 Å². The van der Waals surface area contributed by atoms with E-state index in [0.29, 0.717) is 22.0 Å². The predicted octanol–water partition coefficient (Wildman–Crippen LogP) is 4.28. The second-order valence-corrected chi connectivity index (χ2v) is 9.32. The van der Waals surface area contributed by atoms with Crippen molar-refractivity contribution in [3.05, 3.63) is 53.1 Å². The van der Waals surface area contributed by atoms with Gasteiger partial charge in [0.15, 0.2) is 6.61 Å². The van der Waals surface area contributed by atoms with Crippen molar-refractivity contribution in [2.24, 2.45) is 0 Å². The number of para-hydroxylation sites is 1. The SMILES string of the molecule is Cc1cc(S(=O)(=O)NC2CCCCC2)ccc1OCC(=O)Nc1ccccc1Cl. The molecular formula is C21H25ClN2O4S. The third-order valence-corrected chi connectivity index (χ3v) is 6.74. The van der Waals surface area contributed by atoms with E-state index in [1.807, 2.05) is 0 Å². The van der Waals surface area contributed by atoms with Crippen LogP contribution in [-0.4, -0.2) is 27.0 Å². The number of carbonyl (C=O) groups is 1. The van der Waals surface area contributed by atoms with Crippen LogP contribution in [0.25, 0.3) is 0 Å². The number of ether oxygens (including phenoxy) is 1. The molecule has 1 aliphatic carbocycles. The van der Waals surface area contributed by atoms with Crippen molar-refractivity contribution in [2.75, 3.05) is 11.9 Å². The van der Waals surface area contributed by atoms with Crippen LogP contribution in [0.1, 0.15) is 37.7 Å². The molecule has 0 unspecified atom stereocenters. The Bertz CT molecular complexity index is 972. The molecule has 0 saturated heterocycles. The Balaban J connectivity index is 1.60. The standard InChI is InChI=1S/C21H25ClN2O4S/c1-15-13-17(29(26,27)24-16-7-3-2-4-8-16)11-12-20(15)28-14-21(25)23-19-10-6-5-9-18(19)22/h5-6,9-13,16,24H,2-4,7-8,14H2,1H3,(H,23,25). The molecule has 2 aromatic carbocycles. The lowest BCUT2D eigenvalue weighted by Crippen LogP contribution is -2.36. The van der Waals surface area contributed by atoms with E-state index in [9.17, 15) is 13.2 Å². The molecule has 0 aliphatic heterocycles. The number of sulfonamides is 1. The Morgan fingerprint density at radius 2 is 1.86 bits per heavy atom.